The molecule has 2 heteroatoms. The molecule has 5 aliphatic rings. The number of carbonyl (C=O) groups is 1. The Morgan fingerprint density at radius 1 is 0.867 bits per heavy atom. The van der Waals surface area contributed by atoms with Gasteiger partial charge in [-0.1, -0.05) is 41.0 Å². The van der Waals surface area contributed by atoms with Gasteiger partial charge in [0.25, 0.3) is 0 Å². The van der Waals surface area contributed by atoms with Gasteiger partial charge in [-0.3, -0.25) is 4.79 Å². The van der Waals surface area contributed by atoms with Crippen molar-refractivity contribution in [2.75, 3.05) is 0 Å². The summed E-state index contributed by atoms with van der Waals surface area (Å²) in [6.07, 6.45) is 13.9. The lowest BCUT2D eigenvalue weighted by Gasteiger charge is -2.69. The van der Waals surface area contributed by atoms with Crippen LogP contribution < -0.4 is 0 Å². The van der Waals surface area contributed by atoms with Crippen LogP contribution in [0, 0.1) is 57.7 Å². The molecule has 0 aliphatic heterocycles. The number of esters is 1. The molecule has 0 spiro atoms. The van der Waals surface area contributed by atoms with E-state index in [1.165, 1.54) is 51.4 Å². The van der Waals surface area contributed by atoms with Crippen LogP contribution in [0.5, 0.6) is 0 Å². The average molecular weight is 415 g/mol. The minimum Gasteiger partial charge on any atom is -0.463 e. The van der Waals surface area contributed by atoms with Crippen LogP contribution >= 0.6 is 0 Å². The fraction of sp³-hybridized carbons (Fsp3) is 0.964. The third-order valence-corrected chi connectivity index (χ3v) is 12.7. The molecular weight excluding hydrogens is 368 g/mol. The summed E-state index contributed by atoms with van der Waals surface area (Å²) in [6, 6.07) is 0. The largest absolute Gasteiger partial charge is 0.463 e. The Labute approximate surface area is 185 Å². The van der Waals surface area contributed by atoms with Crippen LogP contribution in [0.15, 0.2) is 0 Å². The number of ether oxygens (including phenoxy) is 1. The van der Waals surface area contributed by atoms with Crippen molar-refractivity contribution in [1.29, 1.82) is 0 Å². The maximum atomic E-state index is 11.5. The molecule has 170 valence electrons. The topological polar surface area (TPSA) is 26.3 Å². The van der Waals surface area contributed by atoms with E-state index in [0.717, 1.165) is 54.3 Å². The molecule has 0 heterocycles. The molecule has 5 aliphatic carbocycles. The minimum absolute atomic E-state index is 0.0845. The number of hydrogen-bond donors (Lipinski definition) is 0. The predicted molar refractivity (Wildman–Crippen MR) is 122 cm³/mol. The molecule has 0 bridgehead atoms. The molecule has 2 nitrogen and oxygen atoms in total. The van der Waals surface area contributed by atoms with Crippen LogP contribution in [-0.2, 0) is 9.53 Å². The number of carbonyl (C=O) groups excluding carboxylic acids is 1. The number of fused-ring (bicyclic) bond motifs is 7. The van der Waals surface area contributed by atoms with Crippen molar-refractivity contribution in [3.05, 3.63) is 0 Å². The molecule has 0 aromatic carbocycles. The fourth-order valence-corrected chi connectivity index (χ4v) is 10.7. The summed E-state index contributed by atoms with van der Waals surface area (Å²) in [5, 5.41) is 0. The molecule has 5 fully saturated rings. The minimum atomic E-state index is -0.0845. The first-order chi connectivity index (χ1) is 14.1. The molecule has 0 saturated heterocycles. The maximum absolute atomic E-state index is 11.5. The molecule has 0 amide bonds. The van der Waals surface area contributed by atoms with Gasteiger partial charge >= 0.3 is 5.97 Å². The quantitative estimate of drug-likeness (QED) is 0.422. The first-order valence-corrected chi connectivity index (χ1v) is 13.3. The third kappa shape index (κ3) is 2.70. The van der Waals surface area contributed by atoms with Crippen LogP contribution in [-0.4, -0.2) is 12.1 Å². The van der Waals surface area contributed by atoms with Crippen LogP contribution in [0.25, 0.3) is 0 Å². The molecule has 5 rings (SSSR count). The zero-order valence-corrected chi connectivity index (χ0v) is 20.5. The Kier molecular flexibility index (Phi) is 4.96. The molecule has 0 aromatic heterocycles. The fourth-order valence-electron chi connectivity index (χ4n) is 10.7. The second-order valence-corrected chi connectivity index (χ2v) is 13.2. The van der Waals surface area contributed by atoms with E-state index < -0.39 is 0 Å². The zero-order chi connectivity index (χ0) is 21.5. The first kappa shape index (κ1) is 21.3. The van der Waals surface area contributed by atoms with Crippen molar-refractivity contribution >= 4 is 5.97 Å². The molecule has 0 N–H and O–H groups in total. The highest BCUT2D eigenvalue weighted by Crippen LogP contribution is 2.76. The molecule has 10 atom stereocenters. The Bertz CT molecular complexity index is 697. The van der Waals surface area contributed by atoms with Crippen molar-refractivity contribution in [1.82, 2.24) is 0 Å². The molecule has 5 saturated carbocycles. The van der Waals surface area contributed by atoms with E-state index in [9.17, 15) is 4.79 Å². The summed E-state index contributed by atoms with van der Waals surface area (Å²) >= 11 is 0. The van der Waals surface area contributed by atoms with Gasteiger partial charge in [0.1, 0.15) is 6.10 Å². The SMILES string of the molecule is CC(=O)OC1CCC2C(CCC3C2CCC2C3C(C)C(C)(C)C3(C)CCCC23C)C1. The molecule has 10 unspecified atom stereocenters. The summed E-state index contributed by atoms with van der Waals surface area (Å²) in [5.74, 6) is 6.23. The van der Waals surface area contributed by atoms with Crippen molar-refractivity contribution < 1.29 is 9.53 Å². The Hall–Kier alpha value is -0.530. The summed E-state index contributed by atoms with van der Waals surface area (Å²) < 4.78 is 5.64. The van der Waals surface area contributed by atoms with E-state index >= 15 is 0 Å². The van der Waals surface area contributed by atoms with E-state index in [2.05, 4.69) is 34.6 Å². The predicted octanol–water partition coefficient (Wildman–Crippen LogP) is 7.26. The van der Waals surface area contributed by atoms with E-state index in [0.29, 0.717) is 16.2 Å². The van der Waals surface area contributed by atoms with Crippen LogP contribution in [0.4, 0.5) is 0 Å². The third-order valence-electron chi connectivity index (χ3n) is 12.7. The van der Waals surface area contributed by atoms with Gasteiger partial charge < -0.3 is 4.74 Å². The van der Waals surface area contributed by atoms with Gasteiger partial charge in [-0.15, -0.1) is 0 Å². The van der Waals surface area contributed by atoms with Gasteiger partial charge in [-0.2, -0.15) is 0 Å². The second kappa shape index (κ2) is 6.98. The highest BCUT2D eigenvalue weighted by atomic mass is 16.5. The van der Waals surface area contributed by atoms with Gasteiger partial charge in [-0.25, -0.2) is 0 Å². The average Bonchev–Trinajstić information content (AvgIpc) is 3.02. The van der Waals surface area contributed by atoms with Crippen LogP contribution in [0.3, 0.4) is 0 Å². The lowest BCUT2D eigenvalue weighted by molar-refractivity contribution is -0.214. The highest BCUT2D eigenvalue weighted by molar-refractivity contribution is 5.66. The van der Waals surface area contributed by atoms with E-state index in [4.69, 9.17) is 4.74 Å². The van der Waals surface area contributed by atoms with Gasteiger partial charge in [0.05, 0.1) is 0 Å². The summed E-state index contributed by atoms with van der Waals surface area (Å²) in [6.45, 7) is 14.9. The van der Waals surface area contributed by atoms with Crippen molar-refractivity contribution in [2.45, 2.75) is 112 Å². The van der Waals surface area contributed by atoms with Gasteiger partial charge in [0.15, 0.2) is 0 Å². The van der Waals surface area contributed by atoms with E-state index in [1.807, 2.05) is 0 Å². The normalized spacial score (nSPS) is 54.3. The Morgan fingerprint density at radius 2 is 1.57 bits per heavy atom. The lowest BCUT2D eigenvalue weighted by atomic mass is 9.35. The molecule has 0 aromatic rings. The van der Waals surface area contributed by atoms with Gasteiger partial charge in [-0.05, 0) is 115 Å². The van der Waals surface area contributed by atoms with Gasteiger partial charge in [0, 0.05) is 6.92 Å². The van der Waals surface area contributed by atoms with Crippen molar-refractivity contribution in [3.63, 3.8) is 0 Å². The maximum Gasteiger partial charge on any atom is 0.302 e. The first-order valence-electron chi connectivity index (χ1n) is 13.3. The Morgan fingerprint density at radius 3 is 2.30 bits per heavy atom. The molecule has 0 radical (unpaired) electrons. The lowest BCUT2D eigenvalue weighted by Crippen LogP contribution is -2.63. The van der Waals surface area contributed by atoms with Crippen LogP contribution in [0.2, 0.25) is 0 Å². The molecular formula is C28H46O2. The van der Waals surface area contributed by atoms with E-state index in [-0.39, 0.29) is 12.1 Å². The molecule has 30 heavy (non-hydrogen) atoms. The smallest absolute Gasteiger partial charge is 0.302 e. The standard InChI is InChI=1S/C28H46O2/c1-17-25-23-10-8-19-16-20(30-18(2)29)9-11-21(19)22(23)12-13-24(25)27(5)14-7-15-28(27,6)26(17,3)4/h17,19-25H,7-16H2,1-6H3. The monoisotopic (exact) mass is 414 g/mol. The summed E-state index contributed by atoms with van der Waals surface area (Å²) in [4.78, 5) is 11.5. The summed E-state index contributed by atoms with van der Waals surface area (Å²) in [5.41, 5.74) is 1.49. The number of hydrogen-bond acceptors (Lipinski definition) is 2. The van der Waals surface area contributed by atoms with Gasteiger partial charge in [0.2, 0.25) is 0 Å². The van der Waals surface area contributed by atoms with E-state index in [1.54, 1.807) is 6.92 Å². The summed E-state index contributed by atoms with van der Waals surface area (Å²) in [7, 11) is 0. The Balaban J connectivity index is 1.41. The van der Waals surface area contributed by atoms with Crippen molar-refractivity contribution in [3.8, 4) is 0 Å². The zero-order valence-electron chi connectivity index (χ0n) is 20.5. The number of rotatable bonds is 1. The highest BCUT2D eigenvalue weighted by Gasteiger charge is 2.68. The van der Waals surface area contributed by atoms with Crippen LogP contribution in [0.1, 0.15) is 106 Å². The second-order valence-electron chi connectivity index (χ2n) is 13.2. The van der Waals surface area contributed by atoms with Crippen molar-refractivity contribution in [2.24, 2.45) is 57.7 Å².